The van der Waals surface area contributed by atoms with E-state index in [9.17, 15) is 22.4 Å². The highest BCUT2D eigenvalue weighted by Crippen LogP contribution is 2.32. The van der Waals surface area contributed by atoms with Crippen LogP contribution in [0.25, 0.3) is 0 Å². The minimum atomic E-state index is -4.62. The summed E-state index contributed by atoms with van der Waals surface area (Å²) >= 11 is 0. The molecule has 1 aliphatic heterocycles. The van der Waals surface area contributed by atoms with E-state index in [-0.39, 0.29) is 18.0 Å². The van der Waals surface area contributed by atoms with Crippen molar-refractivity contribution in [2.75, 3.05) is 6.54 Å². The predicted octanol–water partition coefficient (Wildman–Crippen LogP) is 2.21. The first-order valence-corrected chi connectivity index (χ1v) is 6.24. The first-order valence-electron chi connectivity index (χ1n) is 6.24. The summed E-state index contributed by atoms with van der Waals surface area (Å²) < 4.78 is 51.3. The molecule has 1 aromatic carbocycles. The van der Waals surface area contributed by atoms with Crippen LogP contribution in [-0.2, 0) is 17.5 Å². The Hall–Kier alpha value is -1.63. The Morgan fingerprint density at radius 1 is 1.35 bits per heavy atom. The summed E-state index contributed by atoms with van der Waals surface area (Å²) in [5.41, 5.74) is -1.08. The number of nitrogens with one attached hydrogen (secondary N) is 2. The molecule has 3 nitrogen and oxygen atoms in total. The Labute approximate surface area is 113 Å². The number of carbonyl (C=O) groups is 1. The van der Waals surface area contributed by atoms with Crippen molar-refractivity contribution < 1.29 is 22.4 Å². The van der Waals surface area contributed by atoms with E-state index in [2.05, 4.69) is 10.6 Å². The van der Waals surface area contributed by atoms with Crippen molar-refractivity contribution in [2.45, 2.75) is 31.6 Å². The molecule has 1 unspecified atom stereocenters. The highest BCUT2D eigenvalue weighted by Gasteiger charge is 2.34. The van der Waals surface area contributed by atoms with Gasteiger partial charge in [-0.25, -0.2) is 4.39 Å². The number of benzene rings is 1. The SMILES string of the molecule is O=C1NCCCC1NCc1ccc(F)cc1C(F)(F)F. The van der Waals surface area contributed by atoms with Gasteiger partial charge in [-0.1, -0.05) is 6.07 Å². The van der Waals surface area contributed by atoms with Crippen molar-refractivity contribution in [3.8, 4) is 0 Å². The molecule has 7 heteroatoms. The van der Waals surface area contributed by atoms with Crippen molar-refractivity contribution in [1.82, 2.24) is 10.6 Å². The van der Waals surface area contributed by atoms with Crippen molar-refractivity contribution in [3.63, 3.8) is 0 Å². The molecule has 1 fully saturated rings. The van der Waals surface area contributed by atoms with Crippen LogP contribution in [0.15, 0.2) is 18.2 Å². The zero-order valence-corrected chi connectivity index (χ0v) is 10.6. The molecule has 1 saturated heterocycles. The van der Waals surface area contributed by atoms with E-state index in [0.717, 1.165) is 18.6 Å². The summed E-state index contributed by atoms with van der Waals surface area (Å²) in [4.78, 5) is 11.5. The maximum absolute atomic E-state index is 12.9. The predicted molar refractivity (Wildman–Crippen MR) is 64.3 cm³/mol. The molecular formula is C13H14F4N2O. The average Bonchev–Trinajstić information content (AvgIpc) is 2.38. The number of rotatable bonds is 3. The molecule has 2 N–H and O–H groups in total. The average molecular weight is 290 g/mol. The highest BCUT2D eigenvalue weighted by atomic mass is 19.4. The number of carbonyl (C=O) groups excluding carboxylic acids is 1. The Morgan fingerprint density at radius 3 is 2.75 bits per heavy atom. The molecule has 2 rings (SSSR count). The van der Waals surface area contributed by atoms with E-state index >= 15 is 0 Å². The van der Waals surface area contributed by atoms with Crippen molar-refractivity contribution >= 4 is 5.91 Å². The molecule has 0 bridgehead atoms. The topological polar surface area (TPSA) is 41.1 Å². The third-order valence-electron chi connectivity index (χ3n) is 3.20. The van der Waals surface area contributed by atoms with Crippen molar-refractivity contribution in [1.29, 1.82) is 0 Å². The maximum Gasteiger partial charge on any atom is 0.416 e. The van der Waals surface area contributed by atoms with Crippen molar-refractivity contribution in [3.05, 3.63) is 35.1 Å². The molecule has 0 aliphatic carbocycles. The third-order valence-corrected chi connectivity index (χ3v) is 3.20. The minimum absolute atomic E-state index is 0.0720. The summed E-state index contributed by atoms with van der Waals surface area (Å²) in [6, 6.07) is 2.03. The van der Waals surface area contributed by atoms with Gasteiger partial charge in [-0.05, 0) is 30.5 Å². The lowest BCUT2D eigenvalue weighted by Crippen LogP contribution is -2.48. The molecular weight excluding hydrogens is 276 g/mol. The maximum atomic E-state index is 12.9. The second-order valence-electron chi connectivity index (χ2n) is 4.67. The lowest BCUT2D eigenvalue weighted by atomic mass is 10.0. The Bertz CT molecular complexity index is 502. The van der Waals surface area contributed by atoms with Gasteiger partial charge in [0.05, 0.1) is 11.6 Å². The Kier molecular flexibility index (Phi) is 4.27. The lowest BCUT2D eigenvalue weighted by molar-refractivity contribution is -0.138. The Balaban J connectivity index is 2.11. The van der Waals surface area contributed by atoms with Crippen LogP contribution >= 0.6 is 0 Å². The van der Waals surface area contributed by atoms with Gasteiger partial charge in [0.25, 0.3) is 0 Å². The first-order chi connectivity index (χ1) is 9.38. The molecule has 1 aliphatic rings. The fraction of sp³-hybridized carbons (Fsp3) is 0.462. The summed E-state index contributed by atoms with van der Waals surface area (Å²) in [6.07, 6.45) is -3.26. The van der Waals surface area contributed by atoms with Gasteiger partial charge in [-0.3, -0.25) is 4.79 Å². The number of hydrogen-bond donors (Lipinski definition) is 2. The lowest BCUT2D eigenvalue weighted by Gasteiger charge is -2.23. The van der Waals surface area contributed by atoms with Gasteiger partial charge < -0.3 is 10.6 Å². The van der Waals surface area contributed by atoms with Gasteiger partial charge in [-0.2, -0.15) is 13.2 Å². The normalized spacial score (nSPS) is 19.8. The molecule has 0 spiro atoms. The molecule has 0 radical (unpaired) electrons. The second kappa shape index (κ2) is 5.78. The zero-order chi connectivity index (χ0) is 14.8. The molecule has 1 atom stereocenters. The van der Waals surface area contributed by atoms with Crippen LogP contribution < -0.4 is 10.6 Å². The van der Waals surface area contributed by atoms with Crippen LogP contribution in [0, 0.1) is 5.82 Å². The number of amides is 1. The van der Waals surface area contributed by atoms with Gasteiger partial charge in [0, 0.05) is 13.1 Å². The minimum Gasteiger partial charge on any atom is -0.355 e. The quantitative estimate of drug-likeness (QED) is 0.838. The molecule has 0 aromatic heterocycles. The van der Waals surface area contributed by atoms with E-state index in [1.807, 2.05) is 0 Å². The van der Waals surface area contributed by atoms with E-state index in [4.69, 9.17) is 0 Å². The molecule has 0 saturated carbocycles. The molecule has 110 valence electrons. The van der Waals surface area contributed by atoms with E-state index in [1.54, 1.807) is 0 Å². The summed E-state index contributed by atoms with van der Waals surface area (Å²) in [5.74, 6) is -1.15. The highest BCUT2D eigenvalue weighted by molar-refractivity contribution is 5.82. The number of alkyl halides is 3. The van der Waals surface area contributed by atoms with Crippen molar-refractivity contribution in [2.24, 2.45) is 0 Å². The number of halogens is 4. The number of piperidine rings is 1. The standard InChI is InChI=1S/C13H14F4N2O/c14-9-4-3-8(10(6-9)13(15,16)17)7-19-11-2-1-5-18-12(11)20/h3-4,6,11,19H,1-2,5,7H2,(H,18,20). The van der Waals surface area contributed by atoms with Crippen LogP contribution in [0.1, 0.15) is 24.0 Å². The monoisotopic (exact) mass is 290 g/mol. The fourth-order valence-electron chi connectivity index (χ4n) is 2.17. The second-order valence-corrected chi connectivity index (χ2v) is 4.67. The molecule has 1 amide bonds. The number of hydrogen-bond acceptors (Lipinski definition) is 2. The van der Waals surface area contributed by atoms with Crippen LogP contribution in [0.4, 0.5) is 17.6 Å². The summed E-state index contributed by atoms with van der Waals surface area (Å²) in [6.45, 7) is 0.453. The molecule has 1 heterocycles. The van der Waals surface area contributed by atoms with Crippen LogP contribution in [0.5, 0.6) is 0 Å². The molecule has 1 aromatic rings. The Morgan fingerprint density at radius 2 is 2.10 bits per heavy atom. The van der Waals surface area contributed by atoms with E-state index in [0.29, 0.717) is 19.0 Å². The van der Waals surface area contributed by atoms with Gasteiger partial charge in [0.2, 0.25) is 5.91 Å². The third kappa shape index (κ3) is 3.47. The van der Waals surface area contributed by atoms with E-state index < -0.39 is 23.6 Å². The van der Waals surface area contributed by atoms with Gasteiger partial charge >= 0.3 is 6.18 Å². The van der Waals surface area contributed by atoms with Gasteiger partial charge in [0.15, 0.2) is 0 Å². The van der Waals surface area contributed by atoms with Crippen LogP contribution in [-0.4, -0.2) is 18.5 Å². The summed E-state index contributed by atoms with van der Waals surface area (Å²) in [5, 5.41) is 5.42. The summed E-state index contributed by atoms with van der Waals surface area (Å²) in [7, 11) is 0. The first kappa shape index (κ1) is 14.8. The smallest absolute Gasteiger partial charge is 0.355 e. The van der Waals surface area contributed by atoms with Crippen LogP contribution in [0.2, 0.25) is 0 Å². The largest absolute Gasteiger partial charge is 0.416 e. The zero-order valence-electron chi connectivity index (χ0n) is 10.6. The van der Waals surface area contributed by atoms with Crippen LogP contribution in [0.3, 0.4) is 0 Å². The molecule has 20 heavy (non-hydrogen) atoms. The fourth-order valence-corrected chi connectivity index (χ4v) is 2.17. The van der Waals surface area contributed by atoms with E-state index in [1.165, 1.54) is 0 Å². The van der Waals surface area contributed by atoms with Gasteiger partial charge in [0.1, 0.15) is 5.82 Å². The van der Waals surface area contributed by atoms with Gasteiger partial charge in [-0.15, -0.1) is 0 Å².